The predicted octanol–water partition coefficient (Wildman–Crippen LogP) is 3.07. The molecule has 2 aromatic rings. The summed E-state index contributed by atoms with van der Waals surface area (Å²) in [5.41, 5.74) is 6.56. The number of benzene rings is 1. The lowest BCUT2D eigenvalue weighted by atomic mass is 10.2. The molecule has 3 rings (SSSR count). The predicted molar refractivity (Wildman–Crippen MR) is 95.3 cm³/mol. The van der Waals surface area contributed by atoms with Gasteiger partial charge in [0.25, 0.3) is 0 Å². The standard InChI is InChI=1S/C16H16ClN5O3/c17-10-6-12-13(7-11(10)18)24-4-2-1-3-5-25-15-9-19-8-14(21-15)22-16(23)20-12/h1-2,6-9H,3-5,18H2,(H2,20,21,22,23)/b2-1-. The first-order valence-electron chi connectivity index (χ1n) is 7.51. The SMILES string of the molecule is Nc1cc2c(cc1Cl)NC(=O)Nc1cncc(n1)OCC/C=C\CO2. The van der Waals surface area contributed by atoms with Crippen LogP contribution in [-0.4, -0.2) is 29.2 Å². The first kappa shape index (κ1) is 16.8. The number of anilines is 3. The van der Waals surface area contributed by atoms with Crippen LogP contribution in [0.15, 0.2) is 36.7 Å². The highest BCUT2D eigenvalue weighted by atomic mass is 35.5. The van der Waals surface area contributed by atoms with Crippen molar-refractivity contribution in [1.29, 1.82) is 0 Å². The highest BCUT2D eigenvalue weighted by molar-refractivity contribution is 6.33. The molecule has 0 saturated heterocycles. The van der Waals surface area contributed by atoms with Crippen LogP contribution in [0.3, 0.4) is 0 Å². The average molecular weight is 362 g/mol. The number of nitrogens with two attached hydrogens (primary N) is 1. The van der Waals surface area contributed by atoms with Gasteiger partial charge in [0.05, 0.1) is 35.4 Å². The number of carbonyl (C=O) groups excluding carboxylic acids is 1. The highest BCUT2D eigenvalue weighted by Gasteiger charge is 2.12. The number of ether oxygens (including phenoxy) is 2. The molecular formula is C16H16ClN5O3. The number of halogens is 1. The van der Waals surface area contributed by atoms with E-state index in [1.807, 2.05) is 12.2 Å². The van der Waals surface area contributed by atoms with Crippen molar-refractivity contribution in [2.24, 2.45) is 0 Å². The van der Waals surface area contributed by atoms with E-state index in [0.29, 0.717) is 47.7 Å². The topological polar surface area (TPSA) is 111 Å². The third-order valence-corrected chi connectivity index (χ3v) is 3.56. The van der Waals surface area contributed by atoms with E-state index < -0.39 is 6.03 Å². The summed E-state index contributed by atoms with van der Waals surface area (Å²) < 4.78 is 11.1. The summed E-state index contributed by atoms with van der Waals surface area (Å²) >= 11 is 6.04. The molecule has 2 bridgehead atoms. The Morgan fingerprint density at radius 2 is 2.04 bits per heavy atom. The molecule has 0 aliphatic carbocycles. The zero-order chi connectivity index (χ0) is 17.6. The second-order valence-electron chi connectivity index (χ2n) is 5.11. The molecule has 130 valence electrons. The lowest BCUT2D eigenvalue weighted by Gasteiger charge is -2.14. The fourth-order valence-electron chi connectivity index (χ4n) is 2.09. The number of amides is 2. The molecule has 1 aliphatic heterocycles. The average Bonchev–Trinajstić information content (AvgIpc) is 2.58. The lowest BCUT2D eigenvalue weighted by molar-refractivity contribution is 0.262. The van der Waals surface area contributed by atoms with Crippen molar-refractivity contribution in [3.63, 3.8) is 0 Å². The van der Waals surface area contributed by atoms with Gasteiger partial charge in [-0.2, -0.15) is 4.98 Å². The Balaban J connectivity index is 1.89. The van der Waals surface area contributed by atoms with Gasteiger partial charge in [-0.05, 0) is 12.5 Å². The number of nitrogen functional groups attached to an aromatic ring is 1. The van der Waals surface area contributed by atoms with E-state index in [1.165, 1.54) is 18.5 Å². The van der Waals surface area contributed by atoms with E-state index in [2.05, 4.69) is 20.6 Å². The Labute approximate surface area is 149 Å². The van der Waals surface area contributed by atoms with Crippen LogP contribution in [0.5, 0.6) is 11.6 Å². The number of nitrogens with zero attached hydrogens (tertiary/aromatic N) is 2. The summed E-state index contributed by atoms with van der Waals surface area (Å²) in [6.45, 7) is 0.741. The molecule has 2 amide bonds. The van der Waals surface area contributed by atoms with Crippen molar-refractivity contribution in [3.8, 4) is 11.6 Å². The maximum Gasteiger partial charge on any atom is 0.325 e. The molecule has 4 N–H and O–H groups in total. The maximum absolute atomic E-state index is 12.2. The Hall–Kier alpha value is -3.00. The summed E-state index contributed by atoms with van der Waals surface area (Å²) in [5, 5.41) is 5.55. The maximum atomic E-state index is 12.2. The van der Waals surface area contributed by atoms with Gasteiger partial charge in [-0.15, -0.1) is 0 Å². The number of fused-ring (bicyclic) bond motifs is 3. The minimum atomic E-state index is -0.525. The molecule has 0 saturated carbocycles. The van der Waals surface area contributed by atoms with Gasteiger partial charge in [-0.25, -0.2) is 4.79 Å². The van der Waals surface area contributed by atoms with E-state index in [4.69, 9.17) is 26.8 Å². The molecule has 0 atom stereocenters. The van der Waals surface area contributed by atoms with Gasteiger partial charge in [-0.3, -0.25) is 10.3 Å². The molecule has 2 heterocycles. The summed E-state index contributed by atoms with van der Waals surface area (Å²) in [7, 11) is 0. The number of hydrogen-bond acceptors (Lipinski definition) is 6. The van der Waals surface area contributed by atoms with Gasteiger partial charge in [0.2, 0.25) is 5.88 Å². The van der Waals surface area contributed by atoms with Crippen molar-refractivity contribution in [3.05, 3.63) is 41.7 Å². The highest BCUT2D eigenvalue weighted by Crippen LogP contribution is 2.33. The monoisotopic (exact) mass is 361 g/mol. The number of rotatable bonds is 0. The van der Waals surface area contributed by atoms with Crippen molar-refractivity contribution < 1.29 is 14.3 Å². The molecule has 1 aliphatic rings. The van der Waals surface area contributed by atoms with Crippen LogP contribution in [0.1, 0.15) is 6.42 Å². The van der Waals surface area contributed by atoms with E-state index in [9.17, 15) is 4.79 Å². The Morgan fingerprint density at radius 3 is 2.92 bits per heavy atom. The Morgan fingerprint density at radius 1 is 1.16 bits per heavy atom. The third-order valence-electron chi connectivity index (χ3n) is 3.24. The Bertz CT molecular complexity index is 812. The molecular weight excluding hydrogens is 346 g/mol. The summed E-state index contributed by atoms with van der Waals surface area (Å²) in [5.74, 6) is 0.991. The van der Waals surface area contributed by atoms with Gasteiger partial charge in [-0.1, -0.05) is 23.8 Å². The fourth-order valence-corrected chi connectivity index (χ4v) is 2.25. The Kier molecular flexibility index (Phi) is 5.20. The smallest absolute Gasteiger partial charge is 0.325 e. The van der Waals surface area contributed by atoms with E-state index in [-0.39, 0.29) is 5.82 Å². The van der Waals surface area contributed by atoms with Crippen molar-refractivity contribution in [2.45, 2.75) is 6.42 Å². The molecule has 1 aromatic carbocycles. The van der Waals surface area contributed by atoms with Crippen LogP contribution in [0.4, 0.5) is 22.0 Å². The first-order valence-corrected chi connectivity index (χ1v) is 7.89. The van der Waals surface area contributed by atoms with Crippen LogP contribution in [0, 0.1) is 0 Å². The van der Waals surface area contributed by atoms with Gasteiger partial charge in [0.15, 0.2) is 5.82 Å². The number of urea groups is 1. The van der Waals surface area contributed by atoms with Crippen LogP contribution in [-0.2, 0) is 0 Å². The van der Waals surface area contributed by atoms with Crippen molar-refractivity contribution in [2.75, 3.05) is 29.6 Å². The molecule has 1 aromatic heterocycles. The van der Waals surface area contributed by atoms with E-state index in [0.717, 1.165) is 0 Å². The van der Waals surface area contributed by atoms with Crippen molar-refractivity contribution in [1.82, 2.24) is 9.97 Å². The van der Waals surface area contributed by atoms with Gasteiger partial charge < -0.3 is 20.5 Å². The largest absolute Gasteiger partial charge is 0.487 e. The van der Waals surface area contributed by atoms with Crippen LogP contribution >= 0.6 is 11.6 Å². The van der Waals surface area contributed by atoms with E-state index >= 15 is 0 Å². The van der Waals surface area contributed by atoms with Gasteiger partial charge >= 0.3 is 6.03 Å². The minimum absolute atomic E-state index is 0.254. The zero-order valence-corrected chi connectivity index (χ0v) is 13.9. The van der Waals surface area contributed by atoms with Crippen LogP contribution in [0.25, 0.3) is 0 Å². The second kappa shape index (κ2) is 7.71. The lowest BCUT2D eigenvalue weighted by Crippen LogP contribution is -2.21. The number of aromatic nitrogens is 2. The number of nitrogens with one attached hydrogen (secondary N) is 2. The molecule has 0 fully saturated rings. The fraction of sp³-hybridized carbons (Fsp3) is 0.188. The number of carbonyl (C=O) groups is 1. The van der Waals surface area contributed by atoms with Crippen molar-refractivity contribution >= 4 is 34.8 Å². The summed E-state index contributed by atoms with van der Waals surface area (Å²) in [6.07, 6.45) is 7.34. The van der Waals surface area contributed by atoms with Crippen LogP contribution in [0.2, 0.25) is 5.02 Å². The molecule has 8 nitrogen and oxygen atoms in total. The molecule has 0 radical (unpaired) electrons. The molecule has 0 unspecified atom stereocenters. The van der Waals surface area contributed by atoms with E-state index in [1.54, 1.807) is 6.07 Å². The van der Waals surface area contributed by atoms with Crippen LogP contribution < -0.4 is 25.8 Å². The second-order valence-corrected chi connectivity index (χ2v) is 5.52. The summed E-state index contributed by atoms with van der Waals surface area (Å²) in [6, 6.07) is 2.56. The third kappa shape index (κ3) is 4.51. The molecule has 9 heteroatoms. The van der Waals surface area contributed by atoms with Gasteiger partial charge in [0, 0.05) is 6.07 Å². The van der Waals surface area contributed by atoms with Gasteiger partial charge in [0.1, 0.15) is 12.4 Å². The molecule has 0 spiro atoms. The first-order chi connectivity index (χ1) is 12.1. The quantitative estimate of drug-likeness (QED) is 0.491. The minimum Gasteiger partial charge on any atom is -0.487 e. The number of hydrogen-bond donors (Lipinski definition) is 3. The normalized spacial score (nSPS) is 16.0. The zero-order valence-electron chi connectivity index (χ0n) is 13.2. The molecule has 25 heavy (non-hydrogen) atoms. The summed E-state index contributed by atoms with van der Waals surface area (Å²) in [4.78, 5) is 20.4.